The normalized spacial score (nSPS) is 11.8. The average Bonchev–Trinajstić information content (AvgIpc) is 3.77. The Morgan fingerprint density at radius 3 is 1.60 bits per heavy atom. The van der Waals surface area contributed by atoms with Crippen LogP contribution < -0.4 is 27.3 Å². The molecule has 10 aromatic rings. The summed E-state index contributed by atoms with van der Waals surface area (Å²) in [5.41, 5.74) is 16.0. The zero-order valence-electron chi connectivity index (χ0n) is 30.6. The molecule has 0 bridgehead atoms. The number of thiophene rings is 1. The summed E-state index contributed by atoms with van der Waals surface area (Å²) >= 11 is 1.87. The molecule has 0 saturated heterocycles. The van der Waals surface area contributed by atoms with E-state index >= 15 is 0 Å². The van der Waals surface area contributed by atoms with Crippen molar-refractivity contribution in [2.75, 3.05) is 0 Å². The maximum atomic E-state index is 5.34. The topological polar surface area (TPSA) is 17.8 Å². The predicted octanol–water partition coefficient (Wildman–Crippen LogP) is 3.99. The minimum absolute atomic E-state index is 0.992. The van der Waals surface area contributed by atoms with Crippen LogP contribution in [0.4, 0.5) is 0 Å². The van der Waals surface area contributed by atoms with Crippen molar-refractivity contribution in [3.05, 3.63) is 140 Å². The Morgan fingerprint density at radius 2 is 0.943 bits per heavy atom. The van der Waals surface area contributed by atoms with E-state index in [9.17, 15) is 0 Å². The van der Waals surface area contributed by atoms with E-state index in [0.717, 1.165) is 22.5 Å². The summed E-state index contributed by atoms with van der Waals surface area (Å²) in [5, 5.41) is 7.67. The number of para-hydroxylation sites is 2. The van der Waals surface area contributed by atoms with E-state index in [1.54, 1.807) is 0 Å². The van der Waals surface area contributed by atoms with E-state index < -0.39 is 0 Å². The lowest BCUT2D eigenvalue weighted by Gasteiger charge is -2.21. The highest BCUT2D eigenvalue weighted by Crippen LogP contribution is 2.45. The predicted molar refractivity (Wildman–Crippen MR) is 246 cm³/mol. The van der Waals surface area contributed by atoms with E-state index in [0.29, 0.717) is 0 Å². The molecule has 0 saturated carbocycles. The first-order valence-electron chi connectivity index (χ1n) is 18.4. The van der Waals surface area contributed by atoms with Crippen LogP contribution >= 0.6 is 11.3 Å². The molecule has 0 atom stereocenters. The monoisotopic (exact) mass is 688 g/mol. The fourth-order valence-corrected chi connectivity index (χ4v) is 9.81. The van der Waals surface area contributed by atoms with Gasteiger partial charge >= 0.3 is 0 Å². The van der Waals surface area contributed by atoms with Gasteiger partial charge in [-0.1, -0.05) is 108 Å². The first-order chi connectivity index (χ1) is 25.9. The Kier molecular flexibility index (Phi) is 7.35. The van der Waals surface area contributed by atoms with Crippen LogP contribution in [0.25, 0.3) is 92.1 Å². The summed E-state index contributed by atoms with van der Waals surface area (Å²) < 4.78 is 5.03. The SMILES string of the molecule is Bc1c(B)c(B)c(-c2nc3ccccc3n2-c2cccc(-c3c4ccccc4c(-c4ccc5sc6ccccc6c5c4)c4ccccc34)c2)c(B)c1B. The van der Waals surface area contributed by atoms with Crippen LogP contribution in [0.15, 0.2) is 140 Å². The lowest BCUT2D eigenvalue weighted by Crippen LogP contribution is -2.55. The smallest absolute Gasteiger partial charge is 0.144 e. The summed E-state index contributed by atoms with van der Waals surface area (Å²) in [6, 6.07) is 51.3. The molecule has 2 aromatic heterocycles. The quantitative estimate of drug-likeness (QED) is 0.202. The van der Waals surface area contributed by atoms with Crippen molar-refractivity contribution in [3.63, 3.8) is 0 Å². The Labute approximate surface area is 317 Å². The molecule has 0 aliphatic carbocycles. The third-order valence-corrected chi connectivity index (χ3v) is 12.9. The molecule has 0 unspecified atom stereocenters. The largest absolute Gasteiger partial charge is 0.292 e. The molecule has 0 N–H and O–H groups in total. The number of hydrogen-bond donors (Lipinski definition) is 0. The summed E-state index contributed by atoms with van der Waals surface area (Å²) in [7, 11) is 11.2. The van der Waals surface area contributed by atoms with Gasteiger partial charge in [-0.15, -0.1) is 27.7 Å². The third kappa shape index (κ3) is 4.82. The molecule has 2 nitrogen and oxygen atoms in total. The fraction of sp³-hybridized carbons (Fsp3) is 0. The molecule has 0 aliphatic heterocycles. The molecular formula is C45H33B5N2S. The van der Waals surface area contributed by atoms with Crippen molar-refractivity contribution in [1.29, 1.82) is 0 Å². The summed E-state index contributed by atoms with van der Waals surface area (Å²) in [6.45, 7) is 0. The molecular weight excluding hydrogens is 655 g/mol. The number of imidazole rings is 1. The highest BCUT2D eigenvalue weighted by molar-refractivity contribution is 7.25. The van der Waals surface area contributed by atoms with Crippen molar-refractivity contribution in [2.24, 2.45) is 0 Å². The standard InChI is InChI=1S/C45H33B5N2S/c46-40-39(41(47)43(49)44(50)42(40)48)45-51-33-17-6-7-18-34(33)52(45)26-11-9-10-24(22-26)37-28-13-1-3-15-30(28)38(31-16-4-2-14-29(31)37)25-20-21-36-32(23-25)27-12-5-8-19-35(27)53-36/h1-23H,46-50H2. The van der Waals surface area contributed by atoms with Crippen molar-refractivity contribution in [1.82, 2.24) is 9.55 Å². The van der Waals surface area contributed by atoms with E-state index in [2.05, 4.69) is 183 Å². The number of hydrogen-bond acceptors (Lipinski definition) is 2. The summed E-state index contributed by atoms with van der Waals surface area (Å²) in [5.74, 6) is 0.992. The second-order valence-electron chi connectivity index (χ2n) is 14.5. The van der Waals surface area contributed by atoms with Crippen LogP contribution in [0.3, 0.4) is 0 Å². The Balaban J connectivity index is 1.23. The number of rotatable bonds is 4. The third-order valence-electron chi connectivity index (χ3n) is 11.8. The Morgan fingerprint density at radius 1 is 0.415 bits per heavy atom. The number of nitrogens with zero attached hydrogens (tertiary/aromatic N) is 2. The van der Waals surface area contributed by atoms with Gasteiger partial charge in [0.15, 0.2) is 0 Å². The fourth-order valence-electron chi connectivity index (χ4n) is 8.72. The van der Waals surface area contributed by atoms with Gasteiger partial charge in [0.2, 0.25) is 0 Å². The molecule has 8 heteroatoms. The van der Waals surface area contributed by atoms with Crippen molar-refractivity contribution < 1.29 is 0 Å². The van der Waals surface area contributed by atoms with Crippen LogP contribution in [0.1, 0.15) is 0 Å². The maximum Gasteiger partial charge on any atom is 0.144 e. The molecule has 53 heavy (non-hydrogen) atoms. The lowest BCUT2D eigenvalue weighted by atomic mass is 9.60. The minimum atomic E-state index is 0.992. The van der Waals surface area contributed by atoms with Crippen molar-refractivity contribution in [3.8, 4) is 39.3 Å². The van der Waals surface area contributed by atoms with Gasteiger partial charge in [-0.25, -0.2) is 4.98 Å². The molecule has 0 fully saturated rings. The highest BCUT2D eigenvalue weighted by Gasteiger charge is 2.22. The first-order valence-corrected chi connectivity index (χ1v) is 19.2. The van der Waals surface area contributed by atoms with Gasteiger partial charge in [0.1, 0.15) is 45.1 Å². The van der Waals surface area contributed by atoms with Gasteiger partial charge in [-0.3, -0.25) is 4.57 Å². The molecule has 0 spiro atoms. The van der Waals surface area contributed by atoms with Crippen LogP contribution in [0, 0.1) is 0 Å². The number of benzene rings is 8. The lowest BCUT2D eigenvalue weighted by molar-refractivity contribution is 1.11. The van der Waals surface area contributed by atoms with Crippen LogP contribution in [-0.2, 0) is 0 Å². The zero-order chi connectivity index (χ0) is 36.0. The minimum Gasteiger partial charge on any atom is -0.292 e. The first kappa shape index (κ1) is 32.0. The van der Waals surface area contributed by atoms with Crippen LogP contribution in [0.2, 0.25) is 0 Å². The van der Waals surface area contributed by atoms with Gasteiger partial charge in [0.25, 0.3) is 0 Å². The number of fused-ring (bicyclic) bond motifs is 6. The molecule has 0 radical (unpaired) electrons. The second-order valence-corrected chi connectivity index (χ2v) is 15.5. The van der Waals surface area contributed by atoms with Gasteiger partial charge in [0, 0.05) is 31.4 Å². The van der Waals surface area contributed by atoms with Gasteiger partial charge < -0.3 is 0 Å². The number of aromatic nitrogens is 2. The molecule has 244 valence electrons. The van der Waals surface area contributed by atoms with E-state index in [4.69, 9.17) is 4.98 Å². The van der Waals surface area contributed by atoms with Crippen LogP contribution in [0.5, 0.6) is 0 Å². The highest BCUT2D eigenvalue weighted by atomic mass is 32.1. The van der Waals surface area contributed by atoms with E-state index in [-0.39, 0.29) is 0 Å². The average molecular weight is 688 g/mol. The second kappa shape index (κ2) is 12.2. The molecule has 8 aromatic carbocycles. The molecule has 0 aliphatic rings. The van der Waals surface area contributed by atoms with Crippen LogP contribution in [-0.4, -0.2) is 48.8 Å². The Bertz CT molecular complexity index is 3060. The van der Waals surface area contributed by atoms with E-state index in [1.807, 2.05) is 11.3 Å². The van der Waals surface area contributed by atoms with Gasteiger partial charge in [-0.05, 0) is 86.3 Å². The summed E-state index contributed by atoms with van der Waals surface area (Å²) in [6.07, 6.45) is 0. The maximum absolute atomic E-state index is 5.34. The van der Waals surface area contributed by atoms with Crippen molar-refractivity contribution in [2.45, 2.75) is 0 Å². The molecule has 10 rings (SSSR count). The molecule has 0 amide bonds. The summed E-state index contributed by atoms with van der Waals surface area (Å²) in [4.78, 5) is 5.34. The Hall–Kier alpha value is -5.71. The molecule has 2 heterocycles. The van der Waals surface area contributed by atoms with E-state index in [1.165, 1.54) is 96.8 Å². The van der Waals surface area contributed by atoms with Gasteiger partial charge in [0.05, 0.1) is 11.0 Å². The zero-order valence-corrected chi connectivity index (χ0v) is 31.4. The van der Waals surface area contributed by atoms with Gasteiger partial charge in [-0.2, -0.15) is 0 Å². The van der Waals surface area contributed by atoms with Crippen molar-refractivity contribution >= 4 is 131 Å².